The van der Waals surface area contributed by atoms with E-state index >= 15 is 0 Å². The average molecular weight is 226 g/mol. The fourth-order valence-corrected chi connectivity index (χ4v) is 2.33. The lowest BCUT2D eigenvalue weighted by atomic mass is 10.1. The van der Waals surface area contributed by atoms with E-state index < -0.39 is 0 Å². The Hall–Kier alpha value is -0.770. The summed E-state index contributed by atoms with van der Waals surface area (Å²) in [6.45, 7) is 7.80. The molecule has 4 heteroatoms. The highest BCUT2D eigenvalue weighted by molar-refractivity contribution is 8.14. The van der Waals surface area contributed by atoms with Crippen LogP contribution < -0.4 is 5.32 Å². The number of nitrogens with zero attached hydrogens (tertiary/aromatic N) is 1. The van der Waals surface area contributed by atoms with Gasteiger partial charge < -0.3 is 5.32 Å². The van der Waals surface area contributed by atoms with E-state index in [2.05, 4.69) is 10.3 Å². The van der Waals surface area contributed by atoms with E-state index in [4.69, 9.17) is 0 Å². The van der Waals surface area contributed by atoms with Gasteiger partial charge in [0, 0.05) is 17.4 Å². The van der Waals surface area contributed by atoms with Crippen molar-refractivity contribution in [3.63, 3.8) is 0 Å². The summed E-state index contributed by atoms with van der Waals surface area (Å²) in [5.74, 6) is 0.897. The van der Waals surface area contributed by atoms with Gasteiger partial charge in [-0.3, -0.25) is 9.79 Å². The van der Waals surface area contributed by atoms with Gasteiger partial charge in [0.25, 0.3) is 0 Å². The lowest BCUT2D eigenvalue weighted by molar-refractivity contribution is -0.118. The first-order valence-corrected chi connectivity index (χ1v) is 6.17. The van der Waals surface area contributed by atoms with Crippen molar-refractivity contribution in [3.8, 4) is 0 Å². The van der Waals surface area contributed by atoms with Crippen LogP contribution in [-0.4, -0.2) is 28.8 Å². The van der Waals surface area contributed by atoms with Crippen molar-refractivity contribution < 1.29 is 4.79 Å². The van der Waals surface area contributed by atoms with Crippen molar-refractivity contribution in [1.29, 1.82) is 0 Å². The number of hydrogen-bond donors (Lipinski definition) is 1. The molecule has 15 heavy (non-hydrogen) atoms. The molecule has 84 valence electrons. The first kappa shape index (κ1) is 12.3. The van der Waals surface area contributed by atoms with E-state index in [1.54, 1.807) is 11.8 Å². The van der Waals surface area contributed by atoms with Gasteiger partial charge in [0.05, 0.1) is 11.1 Å². The maximum Gasteiger partial charge on any atom is 0.249 e. The standard InChI is InChI=1S/C11H18N2OS/c1-5-9(11(14)12-7(2)3)10-6-15-8(4)13-10/h5,7,10H,6H2,1-4H3,(H,12,14)/b9-5-. The SMILES string of the molecule is C/C=C(\C(=O)NC(C)C)C1CSC(C)=N1. The summed E-state index contributed by atoms with van der Waals surface area (Å²) < 4.78 is 0. The van der Waals surface area contributed by atoms with Crippen LogP contribution in [0.1, 0.15) is 27.7 Å². The van der Waals surface area contributed by atoms with Crippen molar-refractivity contribution in [2.75, 3.05) is 5.75 Å². The van der Waals surface area contributed by atoms with Gasteiger partial charge in [0.2, 0.25) is 5.91 Å². The molecule has 1 aliphatic heterocycles. The van der Waals surface area contributed by atoms with Crippen LogP contribution >= 0.6 is 11.8 Å². The zero-order chi connectivity index (χ0) is 11.4. The monoisotopic (exact) mass is 226 g/mol. The number of amides is 1. The van der Waals surface area contributed by atoms with E-state index in [-0.39, 0.29) is 18.0 Å². The molecule has 0 aromatic carbocycles. The Kier molecular flexibility index (Phi) is 4.39. The van der Waals surface area contributed by atoms with Crippen LogP contribution in [0, 0.1) is 0 Å². The summed E-state index contributed by atoms with van der Waals surface area (Å²) in [5, 5.41) is 3.97. The molecule has 1 amide bonds. The van der Waals surface area contributed by atoms with E-state index in [1.165, 1.54) is 0 Å². The molecule has 3 nitrogen and oxygen atoms in total. The Bertz CT molecular complexity index is 308. The average Bonchev–Trinajstić information content (AvgIpc) is 2.51. The van der Waals surface area contributed by atoms with Crippen molar-refractivity contribution in [2.45, 2.75) is 39.8 Å². The number of carbonyl (C=O) groups excluding carboxylic acids is 1. The van der Waals surface area contributed by atoms with E-state index in [0.717, 1.165) is 16.4 Å². The molecule has 1 N–H and O–H groups in total. The Morgan fingerprint density at radius 1 is 1.67 bits per heavy atom. The minimum absolute atomic E-state index is 0.0107. The second-order valence-corrected chi connectivity index (χ2v) is 5.06. The quantitative estimate of drug-likeness (QED) is 0.748. The Balaban J connectivity index is 2.69. The van der Waals surface area contributed by atoms with Crippen LogP contribution in [0.5, 0.6) is 0 Å². The molecule has 1 atom stereocenters. The van der Waals surface area contributed by atoms with Crippen molar-refractivity contribution in [3.05, 3.63) is 11.6 Å². The van der Waals surface area contributed by atoms with Gasteiger partial charge in [-0.05, 0) is 27.7 Å². The van der Waals surface area contributed by atoms with Crippen LogP contribution in [0.25, 0.3) is 0 Å². The third-order valence-corrected chi connectivity index (χ3v) is 3.15. The molecule has 1 unspecified atom stereocenters. The van der Waals surface area contributed by atoms with Crippen LogP contribution in [-0.2, 0) is 4.79 Å². The van der Waals surface area contributed by atoms with E-state index in [1.807, 2.05) is 33.8 Å². The van der Waals surface area contributed by atoms with Gasteiger partial charge in [-0.1, -0.05) is 6.08 Å². The highest BCUT2D eigenvalue weighted by Crippen LogP contribution is 2.23. The molecule has 0 aliphatic carbocycles. The molecule has 0 fully saturated rings. The second kappa shape index (κ2) is 5.35. The minimum atomic E-state index is 0.0107. The fourth-order valence-electron chi connectivity index (χ4n) is 1.47. The van der Waals surface area contributed by atoms with E-state index in [0.29, 0.717) is 0 Å². The predicted octanol–water partition coefficient (Wildman–Crippen LogP) is 1.99. The normalized spacial score (nSPS) is 21.8. The molecule has 0 radical (unpaired) electrons. The second-order valence-electron chi connectivity index (χ2n) is 3.85. The maximum atomic E-state index is 11.8. The molecule has 0 spiro atoms. The van der Waals surface area contributed by atoms with Gasteiger partial charge in [-0.2, -0.15) is 0 Å². The van der Waals surface area contributed by atoms with E-state index in [9.17, 15) is 4.79 Å². The molecular formula is C11H18N2OS. The van der Waals surface area contributed by atoms with Crippen molar-refractivity contribution >= 4 is 22.7 Å². The zero-order valence-electron chi connectivity index (χ0n) is 9.70. The van der Waals surface area contributed by atoms with Crippen molar-refractivity contribution in [2.24, 2.45) is 4.99 Å². The number of allylic oxidation sites excluding steroid dienone is 1. The third-order valence-electron chi connectivity index (χ3n) is 2.14. The highest BCUT2D eigenvalue weighted by atomic mass is 32.2. The summed E-state index contributed by atoms with van der Waals surface area (Å²) in [4.78, 5) is 16.3. The highest BCUT2D eigenvalue weighted by Gasteiger charge is 2.24. The summed E-state index contributed by atoms with van der Waals surface area (Å²) in [7, 11) is 0. The Labute approximate surface area is 95.4 Å². The summed E-state index contributed by atoms with van der Waals surface area (Å²) in [5.41, 5.74) is 0.785. The predicted molar refractivity (Wildman–Crippen MR) is 66.4 cm³/mol. The molecule has 0 aromatic rings. The van der Waals surface area contributed by atoms with Crippen LogP contribution in [0.2, 0.25) is 0 Å². The first-order valence-electron chi connectivity index (χ1n) is 5.19. The number of rotatable bonds is 3. The number of thioether (sulfide) groups is 1. The minimum Gasteiger partial charge on any atom is -0.350 e. The number of carbonyl (C=O) groups is 1. The van der Waals surface area contributed by atoms with Crippen LogP contribution in [0.4, 0.5) is 0 Å². The summed E-state index contributed by atoms with van der Waals surface area (Å²) >= 11 is 1.71. The number of hydrogen-bond acceptors (Lipinski definition) is 3. The fraction of sp³-hybridized carbons (Fsp3) is 0.636. The smallest absolute Gasteiger partial charge is 0.249 e. The molecule has 0 saturated carbocycles. The molecule has 0 aromatic heterocycles. The van der Waals surface area contributed by atoms with Crippen LogP contribution in [0.3, 0.4) is 0 Å². The van der Waals surface area contributed by atoms with Crippen LogP contribution in [0.15, 0.2) is 16.6 Å². The number of aliphatic imine (C=N–C) groups is 1. The van der Waals surface area contributed by atoms with Gasteiger partial charge in [0.1, 0.15) is 0 Å². The lowest BCUT2D eigenvalue weighted by Gasteiger charge is -2.14. The number of nitrogens with one attached hydrogen (secondary N) is 1. The first-order chi connectivity index (χ1) is 7.04. The lowest BCUT2D eigenvalue weighted by Crippen LogP contribution is -2.34. The molecule has 0 saturated heterocycles. The largest absolute Gasteiger partial charge is 0.350 e. The Morgan fingerprint density at radius 3 is 2.73 bits per heavy atom. The van der Waals surface area contributed by atoms with Gasteiger partial charge in [0.15, 0.2) is 0 Å². The summed E-state index contributed by atoms with van der Waals surface area (Å²) in [6.07, 6.45) is 1.87. The molecule has 0 bridgehead atoms. The molecule has 1 heterocycles. The third kappa shape index (κ3) is 3.38. The zero-order valence-corrected chi connectivity index (χ0v) is 10.5. The maximum absolute atomic E-state index is 11.8. The van der Waals surface area contributed by atoms with Gasteiger partial charge >= 0.3 is 0 Å². The van der Waals surface area contributed by atoms with Gasteiger partial charge in [-0.15, -0.1) is 11.8 Å². The Morgan fingerprint density at radius 2 is 2.33 bits per heavy atom. The van der Waals surface area contributed by atoms with Crippen molar-refractivity contribution in [1.82, 2.24) is 5.32 Å². The molecule has 1 aliphatic rings. The summed E-state index contributed by atoms with van der Waals surface area (Å²) in [6, 6.07) is 0.213. The topological polar surface area (TPSA) is 41.5 Å². The molecule has 1 rings (SSSR count). The molecular weight excluding hydrogens is 208 g/mol. The van der Waals surface area contributed by atoms with Gasteiger partial charge in [-0.25, -0.2) is 0 Å².